The van der Waals surface area contributed by atoms with E-state index in [9.17, 15) is 9.90 Å². The van der Waals surface area contributed by atoms with E-state index in [0.29, 0.717) is 25.1 Å². The van der Waals surface area contributed by atoms with E-state index in [1.54, 1.807) is 32.2 Å². The molecule has 0 heterocycles. The van der Waals surface area contributed by atoms with Gasteiger partial charge in [0.1, 0.15) is 24.1 Å². The summed E-state index contributed by atoms with van der Waals surface area (Å²) in [5, 5.41) is 34.2. The monoisotopic (exact) mass is 391 g/mol. The first-order valence-corrected chi connectivity index (χ1v) is 8.99. The summed E-state index contributed by atoms with van der Waals surface area (Å²) < 4.78 is 10.8. The smallest absolute Gasteiger partial charge is 0.251 e. The van der Waals surface area contributed by atoms with Crippen molar-refractivity contribution in [2.75, 3.05) is 20.3 Å². The molecule has 0 aliphatic carbocycles. The number of guanidine groups is 1. The third kappa shape index (κ3) is 8.24. The molecular weight excluding hydrogens is 362 g/mol. The second-order valence-corrected chi connectivity index (χ2v) is 6.67. The summed E-state index contributed by atoms with van der Waals surface area (Å²) in [5.41, 5.74) is -1.03. The van der Waals surface area contributed by atoms with Gasteiger partial charge in [-0.3, -0.25) is 15.5 Å². The minimum absolute atomic E-state index is 0.0155. The summed E-state index contributed by atoms with van der Waals surface area (Å²) in [5.74, 6) is 0.184. The lowest BCUT2D eigenvalue weighted by atomic mass is 10.0. The molecule has 28 heavy (non-hydrogen) atoms. The van der Waals surface area contributed by atoms with Crippen LogP contribution in [-0.4, -0.2) is 55.0 Å². The number of carbonyl (C=O) groups is 1. The van der Waals surface area contributed by atoms with E-state index < -0.39 is 17.7 Å². The van der Waals surface area contributed by atoms with Crippen LogP contribution in [0, 0.1) is 16.9 Å². The first-order valence-electron chi connectivity index (χ1n) is 8.99. The Balaban J connectivity index is 2.63. The molecule has 0 aromatic heterocycles. The number of carbonyl (C=O) groups excluding carboxylic acids is 1. The van der Waals surface area contributed by atoms with E-state index in [1.807, 2.05) is 18.2 Å². The van der Waals surface area contributed by atoms with Gasteiger partial charge in [-0.15, -0.1) is 0 Å². The van der Waals surface area contributed by atoms with Gasteiger partial charge < -0.3 is 25.2 Å². The number of methoxy groups -OCH3 is 1. The molecule has 1 aromatic carbocycles. The van der Waals surface area contributed by atoms with E-state index in [4.69, 9.17) is 20.1 Å². The molecule has 9 heteroatoms. The molecule has 0 aliphatic rings. The molecule has 5 N–H and O–H groups in total. The zero-order chi connectivity index (χ0) is 21.0. The summed E-state index contributed by atoms with van der Waals surface area (Å²) >= 11 is 0. The lowest BCUT2D eigenvalue weighted by Gasteiger charge is -2.29. The van der Waals surface area contributed by atoms with Crippen LogP contribution in [0.3, 0.4) is 0 Å². The standard InChI is InChI=1S/C19H29N5O4/c1-19(2,27-3)17(26)24-15(10-7-11-22-18(21)23-13-20)16(25)12-28-14-8-5-4-6-9-14/h4-6,8-9,15-16,25H,7,10-12H2,1-3H3,(H,24,26)(H3,21,22,23)/t15-,16?/m0/s1. The Morgan fingerprint density at radius 3 is 2.64 bits per heavy atom. The maximum absolute atomic E-state index is 12.4. The summed E-state index contributed by atoms with van der Waals surface area (Å²) in [4.78, 5) is 12.4. The van der Waals surface area contributed by atoms with Crippen LogP contribution < -0.4 is 20.7 Å². The van der Waals surface area contributed by atoms with Crippen LogP contribution in [0.5, 0.6) is 5.75 Å². The molecule has 0 aliphatic heterocycles. The first-order chi connectivity index (χ1) is 13.3. The van der Waals surface area contributed by atoms with Crippen LogP contribution >= 0.6 is 0 Å². The number of nitriles is 1. The maximum atomic E-state index is 12.4. The Morgan fingerprint density at radius 2 is 2.04 bits per heavy atom. The van der Waals surface area contributed by atoms with Crippen molar-refractivity contribution in [1.82, 2.24) is 16.0 Å². The zero-order valence-electron chi connectivity index (χ0n) is 16.5. The van der Waals surface area contributed by atoms with Crippen LogP contribution in [-0.2, 0) is 9.53 Å². The highest BCUT2D eigenvalue weighted by molar-refractivity contribution is 5.84. The third-order valence-electron chi connectivity index (χ3n) is 4.18. The number of para-hydroxylation sites is 1. The minimum Gasteiger partial charge on any atom is -0.491 e. The normalized spacial score (nSPS) is 13.0. The second-order valence-electron chi connectivity index (χ2n) is 6.67. The van der Waals surface area contributed by atoms with Gasteiger partial charge in [-0.25, -0.2) is 0 Å². The summed E-state index contributed by atoms with van der Waals surface area (Å²) in [6, 6.07) is 8.53. The number of ether oxygens (including phenoxy) is 2. The van der Waals surface area contributed by atoms with Crippen molar-refractivity contribution in [1.29, 1.82) is 10.7 Å². The van der Waals surface area contributed by atoms with Crippen molar-refractivity contribution in [2.45, 2.75) is 44.4 Å². The number of hydrogen-bond donors (Lipinski definition) is 5. The molecule has 0 radical (unpaired) electrons. The Bertz CT molecular complexity index is 660. The molecule has 0 bridgehead atoms. The van der Waals surface area contributed by atoms with Crippen molar-refractivity contribution >= 4 is 11.9 Å². The summed E-state index contributed by atoms with van der Waals surface area (Å²) in [6.07, 6.45) is 1.71. The van der Waals surface area contributed by atoms with Gasteiger partial charge >= 0.3 is 0 Å². The molecule has 0 fully saturated rings. The molecule has 9 nitrogen and oxygen atoms in total. The highest BCUT2D eigenvalue weighted by Crippen LogP contribution is 2.13. The van der Waals surface area contributed by atoms with Crippen LogP contribution in [0.4, 0.5) is 0 Å². The number of hydrogen-bond acceptors (Lipinski definition) is 6. The van der Waals surface area contributed by atoms with Crippen LogP contribution in [0.25, 0.3) is 0 Å². The van der Waals surface area contributed by atoms with Gasteiger partial charge in [-0.2, -0.15) is 5.26 Å². The Labute approximate surface area is 165 Å². The zero-order valence-corrected chi connectivity index (χ0v) is 16.5. The van der Waals surface area contributed by atoms with E-state index in [2.05, 4.69) is 16.0 Å². The number of aliphatic hydroxyl groups is 1. The van der Waals surface area contributed by atoms with Gasteiger partial charge in [0.05, 0.1) is 6.04 Å². The van der Waals surface area contributed by atoms with Gasteiger partial charge in [-0.05, 0) is 38.8 Å². The largest absolute Gasteiger partial charge is 0.491 e. The Hall–Kier alpha value is -2.83. The fourth-order valence-electron chi connectivity index (χ4n) is 2.25. The van der Waals surface area contributed by atoms with Crippen LogP contribution in [0.1, 0.15) is 26.7 Å². The molecule has 1 aromatic rings. The highest BCUT2D eigenvalue weighted by Gasteiger charge is 2.31. The molecule has 2 atom stereocenters. The Kier molecular flexibility index (Phi) is 9.78. The number of rotatable bonds is 11. The lowest BCUT2D eigenvalue weighted by Crippen LogP contribution is -2.53. The first kappa shape index (κ1) is 23.2. The minimum atomic E-state index is -1.03. The average molecular weight is 391 g/mol. The maximum Gasteiger partial charge on any atom is 0.251 e. The summed E-state index contributed by atoms with van der Waals surface area (Å²) in [7, 11) is 1.45. The topological polar surface area (TPSA) is 139 Å². The van der Waals surface area contributed by atoms with Crippen molar-refractivity contribution in [2.24, 2.45) is 0 Å². The average Bonchev–Trinajstić information content (AvgIpc) is 2.69. The van der Waals surface area contributed by atoms with Gasteiger partial charge in [0, 0.05) is 13.7 Å². The summed E-state index contributed by atoms with van der Waals surface area (Å²) in [6.45, 7) is 3.70. The van der Waals surface area contributed by atoms with E-state index in [0.717, 1.165) is 0 Å². The highest BCUT2D eigenvalue weighted by atomic mass is 16.5. The molecule has 1 unspecified atom stereocenters. The van der Waals surface area contributed by atoms with Gasteiger partial charge in [0.2, 0.25) is 5.96 Å². The molecule has 154 valence electrons. The molecule has 0 spiro atoms. The van der Waals surface area contributed by atoms with E-state index in [1.165, 1.54) is 7.11 Å². The number of benzene rings is 1. The number of nitrogens with zero attached hydrogens (tertiary/aromatic N) is 1. The lowest BCUT2D eigenvalue weighted by molar-refractivity contribution is -0.141. The molecule has 0 saturated heterocycles. The number of amides is 1. The third-order valence-corrected chi connectivity index (χ3v) is 4.18. The predicted octanol–water partition coefficient (Wildman–Crippen LogP) is 0.711. The predicted molar refractivity (Wildman–Crippen MR) is 105 cm³/mol. The Morgan fingerprint density at radius 1 is 1.36 bits per heavy atom. The van der Waals surface area contributed by atoms with Crippen molar-refractivity contribution < 1.29 is 19.4 Å². The fraction of sp³-hybridized carbons (Fsp3) is 0.526. The molecular formula is C19H29N5O4. The van der Waals surface area contributed by atoms with Crippen molar-refractivity contribution in [3.05, 3.63) is 30.3 Å². The molecule has 0 saturated carbocycles. The van der Waals surface area contributed by atoms with Gasteiger partial charge in [0.15, 0.2) is 6.19 Å². The van der Waals surface area contributed by atoms with E-state index >= 15 is 0 Å². The van der Waals surface area contributed by atoms with Crippen molar-refractivity contribution in [3.8, 4) is 11.9 Å². The number of nitrogens with one attached hydrogen (secondary N) is 4. The van der Waals surface area contributed by atoms with Gasteiger partial charge in [-0.1, -0.05) is 18.2 Å². The second kappa shape index (κ2) is 11.8. The molecule has 1 rings (SSSR count). The number of aliphatic hydroxyl groups excluding tert-OH is 1. The van der Waals surface area contributed by atoms with E-state index in [-0.39, 0.29) is 18.5 Å². The molecule has 1 amide bonds. The fourth-order valence-corrected chi connectivity index (χ4v) is 2.25. The quantitative estimate of drug-likeness (QED) is 0.123. The van der Waals surface area contributed by atoms with Crippen LogP contribution in [0.15, 0.2) is 30.3 Å². The van der Waals surface area contributed by atoms with Gasteiger partial charge in [0.25, 0.3) is 5.91 Å². The van der Waals surface area contributed by atoms with Crippen LogP contribution in [0.2, 0.25) is 0 Å². The van der Waals surface area contributed by atoms with Crippen molar-refractivity contribution in [3.63, 3.8) is 0 Å². The SMILES string of the molecule is COC(C)(C)C(=O)N[C@@H](CCCNC(=N)NC#N)C(O)COc1ccccc1.